The topological polar surface area (TPSA) is 29.9 Å². The molecule has 0 bridgehead atoms. The fourth-order valence-corrected chi connectivity index (χ4v) is 3.71. The Kier molecular flexibility index (Phi) is 4.05. The zero-order chi connectivity index (χ0) is 13.9. The lowest BCUT2D eigenvalue weighted by atomic mass is 10.2. The molecule has 0 atom stereocenters. The molecular formula is C15H16ClN3S. The van der Waals surface area contributed by atoms with Gasteiger partial charge in [0, 0.05) is 53.4 Å². The number of nitrogens with one attached hydrogen (secondary N) is 1. The zero-order valence-corrected chi connectivity index (χ0v) is 12.8. The van der Waals surface area contributed by atoms with Gasteiger partial charge in [0.25, 0.3) is 0 Å². The lowest BCUT2D eigenvalue weighted by Crippen LogP contribution is -2.17. The number of aromatic nitrogens is 2. The van der Waals surface area contributed by atoms with Crippen LogP contribution in [0.4, 0.5) is 0 Å². The van der Waals surface area contributed by atoms with Crippen LogP contribution in [0.15, 0.2) is 36.5 Å². The minimum atomic E-state index is 0.816. The van der Waals surface area contributed by atoms with Crippen LogP contribution in [0.25, 0.3) is 10.1 Å². The summed E-state index contributed by atoms with van der Waals surface area (Å²) in [4.78, 5) is 1.21. The zero-order valence-electron chi connectivity index (χ0n) is 11.3. The molecule has 2 heterocycles. The Bertz CT molecular complexity index is 717. The van der Waals surface area contributed by atoms with Crippen molar-refractivity contribution in [1.82, 2.24) is 15.1 Å². The molecule has 0 aliphatic heterocycles. The van der Waals surface area contributed by atoms with E-state index >= 15 is 0 Å². The molecule has 2 aromatic heterocycles. The maximum absolute atomic E-state index is 6.42. The number of hydrogen-bond acceptors (Lipinski definition) is 3. The molecule has 3 aromatic rings. The third-order valence-electron chi connectivity index (χ3n) is 3.37. The van der Waals surface area contributed by atoms with Gasteiger partial charge in [-0.1, -0.05) is 29.8 Å². The highest BCUT2D eigenvalue weighted by Gasteiger charge is 2.09. The van der Waals surface area contributed by atoms with E-state index in [0.29, 0.717) is 0 Å². The predicted molar refractivity (Wildman–Crippen MR) is 85.5 cm³/mol. The summed E-state index contributed by atoms with van der Waals surface area (Å²) in [6.07, 6.45) is 2.80. The van der Waals surface area contributed by atoms with Gasteiger partial charge < -0.3 is 5.32 Å². The van der Waals surface area contributed by atoms with Crippen molar-refractivity contribution in [2.45, 2.75) is 13.0 Å². The van der Waals surface area contributed by atoms with Crippen molar-refractivity contribution >= 4 is 33.0 Å². The molecule has 0 aliphatic rings. The highest BCUT2D eigenvalue weighted by Crippen LogP contribution is 2.34. The van der Waals surface area contributed by atoms with Gasteiger partial charge >= 0.3 is 0 Å². The molecule has 0 amide bonds. The second-order valence-corrected chi connectivity index (χ2v) is 6.22. The normalized spacial score (nSPS) is 11.3. The first-order valence-corrected chi connectivity index (χ1v) is 7.78. The monoisotopic (exact) mass is 305 g/mol. The molecule has 5 heteroatoms. The number of fused-ring (bicyclic) bond motifs is 1. The first-order chi connectivity index (χ1) is 9.75. The molecule has 104 valence electrons. The molecule has 1 aromatic carbocycles. The van der Waals surface area contributed by atoms with Crippen molar-refractivity contribution in [2.75, 3.05) is 6.54 Å². The Morgan fingerprint density at radius 1 is 1.30 bits per heavy atom. The minimum Gasteiger partial charge on any atom is -0.311 e. The Morgan fingerprint density at radius 3 is 2.90 bits per heavy atom. The molecule has 0 spiro atoms. The summed E-state index contributed by atoms with van der Waals surface area (Å²) in [6, 6.07) is 10.3. The Morgan fingerprint density at radius 2 is 2.15 bits per heavy atom. The van der Waals surface area contributed by atoms with Gasteiger partial charge in [-0.25, -0.2) is 0 Å². The van der Waals surface area contributed by atoms with Gasteiger partial charge in [-0.2, -0.15) is 5.10 Å². The Balaban J connectivity index is 1.60. The average molecular weight is 306 g/mol. The van der Waals surface area contributed by atoms with Crippen molar-refractivity contribution in [3.8, 4) is 0 Å². The van der Waals surface area contributed by atoms with Crippen LogP contribution < -0.4 is 5.32 Å². The third-order valence-corrected chi connectivity index (χ3v) is 5.08. The van der Waals surface area contributed by atoms with E-state index in [0.717, 1.165) is 29.9 Å². The first kappa shape index (κ1) is 13.6. The third kappa shape index (κ3) is 2.73. The van der Waals surface area contributed by atoms with Gasteiger partial charge in [0.15, 0.2) is 0 Å². The quantitative estimate of drug-likeness (QED) is 0.730. The fraction of sp³-hybridized carbons (Fsp3) is 0.267. The summed E-state index contributed by atoms with van der Waals surface area (Å²) in [7, 11) is 1.97. The molecule has 3 rings (SSSR count). The standard InChI is InChI=1S/C15H16ClN3S/c1-19-11(7-9-18-19)6-8-17-10-14-15(16)12-4-2-3-5-13(12)20-14/h2-5,7,9,17H,6,8,10H2,1H3. The number of nitrogens with zero attached hydrogens (tertiary/aromatic N) is 2. The molecule has 1 N–H and O–H groups in total. The van der Waals surface area contributed by atoms with Crippen molar-refractivity contribution in [3.63, 3.8) is 0 Å². The summed E-state index contributed by atoms with van der Waals surface area (Å²) in [5.74, 6) is 0. The Hall–Kier alpha value is -1.36. The smallest absolute Gasteiger partial charge is 0.0636 e. The van der Waals surface area contributed by atoms with Crippen molar-refractivity contribution in [1.29, 1.82) is 0 Å². The number of hydrogen-bond donors (Lipinski definition) is 1. The second kappa shape index (κ2) is 5.95. The van der Waals surface area contributed by atoms with Gasteiger partial charge in [-0.3, -0.25) is 4.68 Å². The molecule has 3 nitrogen and oxygen atoms in total. The van der Waals surface area contributed by atoms with E-state index in [1.165, 1.54) is 15.3 Å². The van der Waals surface area contributed by atoms with Crippen LogP contribution in [0.5, 0.6) is 0 Å². The molecular weight excluding hydrogens is 290 g/mol. The second-order valence-electron chi connectivity index (χ2n) is 4.71. The van der Waals surface area contributed by atoms with Gasteiger partial charge in [0.1, 0.15) is 0 Å². The molecule has 20 heavy (non-hydrogen) atoms. The van der Waals surface area contributed by atoms with Crippen LogP contribution in [0.2, 0.25) is 5.02 Å². The highest BCUT2D eigenvalue weighted by molar-refractivity contribution is 7.19. The predicted octanol–water partition coefficient (Wildman–Crippen LogP) is 3.62. The van der Waals surface area contributed by atoms with E-state index in [-0.39, 0.29) is 0 Å². The van der Waals surface area contributed by atoms with Crippen LogP contribution in [0.3, 0.4) is 0 Å². The van der Waals surface area contributed by atoms with Crippen LogP contribution in [-0.2, 0) is 20.0 Å². The summed E-state index contributed by atoms with van der Waals surface area (Å²) in [6.45, 7) is 1.74. The minimum absolute atomic E-state index is 0.816. The molecule has 0 unspecified atom stereocenters. The first-order valence-electron chi connectivity index (χ1n) is 6.59. The van der Waals surface area contributed by atoms with E-state index in [9.17, 15) is 0 Å². The van der Waals surface area contributed by atoms with E-state index in [1.807, 2.05) is 30.1 Å². The van der Waals surface area contributed by atoms with Crippen molar-refractivity contribution in [2.24, 2.45) is 7.05 Å². The lowest BCUT2D eigenvalue weighted by molar-refractivity contribution is 0.646. The van der Waals surface area contributed by atoms with Crippen LogP contribution in [-0.4, -0.2) is 16.3 Å². The number of thiophene rings is 1. The number of halogens is 1. The van der Waals surface area contributed by atoms with Crippen molar-refractivity contribution in [3.05, 3.63) is 52.1 Å². The number of aryl methyl sites for hydroxylation is 1. The Labute approximate surface area is 127 Å². The number of benzene rings is 1. The van der Waals surface area contributed by atoms with Gasteiger partial charge in [0.2, 0.25) is 0 Å². The maximum Gasteiger partial charge on any atom is 0.0636 e. The molecule has 0 radical (unpaired) electrons. The van der Waals surface area contributed by atoms with Crippen LogP contribution in [0.1, 0.15) is 10.6 Å². The molecule has 0 fully saturated rings. The summed E-state index contributed by atoms with van der Waals surface area (Å²) in [5, 5.41) is 9.66. The van der Waals surface area contributed by atoms with Gasteiger partial charge in [-0.15, -0.1) is 11.3 Å². The van der Waals surface area contributed by atoms with Crippen molar-refractivity contribution < 1.29 is 0 Å². The van der Waals surface area contributed by atoms with Crippen LogP contribution >= 0.6 is 22.9 Å². The van der Waals surface area contributed by atoms with E-state index < -0.39 is 0 Å². The van der Waals surface area contributed by atoms with E-state index in [4.69, 9.17) is 11.6 Å². The largest absolute Gasteiger partial charge is 0.311 e. The SMILES string of the molecule is Cn1nccc1CCNCc1sc2ccccc2c1Cl. The maximum atomic E-state index is 6.42. The fourth-order valence-electron chi connectivity index (χ4n) is 2.24. The van der Waals surface area contributed by atoms with Gasteiger partial charge in [-0.05, 0) is 12.1 Å². The van der Waals surface area contributed by atoms with E-state index in [2.05, 4.69) is 28.6 Å². The van der Waals surface area contributed by atoms with E-state index in [1.54, 1.807) is 11.3 Å². The average Bonchev–Trinajstić information content (AvgIpc) is 3.00. The summed E-state index contributed by atoms with van der Waals surface area (Å²) < 4.78 is 3.16. The highest BCUT2D eigenvalue weighted by atomic mass is 35.5. The number of rotatable bonds is 5. The molecule has 0 saturated carbocycles. The van der Waals surface area contributed by atoms with Gasteiger partial charge in [0.05, 0.1) is 5.02 Å². The van der Waals surface area contributed by atoms with Crippen LogP contribution in [0, 0.1) is 0 Å². The summed E-state index contributed by atoms with van der Waals surface area (Å²) in [5.41, 5.74) is 1.24. The summed E-state index contributed by atoms with van der Waals surface area (Å²) >= 11 is 8.18. The lowest BCUT2D eigenvalue weighted by Gasteiger charge is -2.04. The molecule has 0 aliphatic carbocycles. The molecule has 0 saturated heterocycles.